The van der Waals surface area contributed by atoms with E-state index < -0.39 is 0 Å². The highest BCUT2D eigenvalue weighted by atomic mass is 35.5. The molecule has 0 aliphatic heterocycles. The van der Waals surface area contributed by atoms with Crippen molar-refractivity contribution >= 4 is 11.6 Å². The summed E-state index contributed by atoms with van der Waals surface area (Å²) in [6.07, 6.45) is 3.75. The molecule has 4 nitrogen and oxygen atoms in total. The minimum atomic E-state index is 0.611. The Labute approximate surface area is 102 Å². The normalized spacial score (nSPS) is 12.9. The smallest absolute Gasteiger partial charge is 0.140 e. The lowest BCUT2D eigenvalue weighted by Crippen LogP contribution is -2.23. The Bertz CT molecular complexity index is 287. The second-order valence-electron chi connectivity index (χ2n) is 4.11. The Hall–Kier alpha value is -0.610. The van der Waals surface area contributed by atoms with Gasteiger partial charge in [-0.05, 0) is 25.3 Å². The first-order valence-corrected chi connectivity index (χ1v) is 6.44. The highest BCUT2D eigenvalue weighted by Crippen LogP contribution is 2.02. The van der Waals surface area contributed by atoms with Gasteiger partial charge >= 0.3 is 0 Å². The molecule has 1 N–H and O–H groups in total. The van der Waals surface area contributed by atoms with E-state index in [9.17, 15) is 0 Å². The van der Waals surface area contributed by atoms with Gasteiger partial charge < -0.3 is 5.32 Å². The van der Waals surface area contributed by atoms with Crippen molar-refractivity contribution in [3.05, 3.63) is 12.2 Å². The van der Waals surface area contributed by atoms with Gasteiger partial charge in [0.1, 0.15) is 12.2 Å². The van der Waals surface area contributed by atoms with Crippen molar-refractivity contribution in [2.24, 2.45) is 5.92 Å². The molecule has 0 amide bonds. The van der Waals surface area contributed by atoms with Crippen molar-refractivity contribution in [3.63, 3.8) is 0 Å². The van der Waals surface area contributed by atoms with Gasteiger partial charge in [0, 0.05) is 12.4 Å². The van der Waals surface area contributed by atoms with Gasteiger partial charge in [-0.2, -0.15) is 5.10 Å². The molecule has 0 aliphatic carbocycles. The maximum absolute atomic E-state index is 5.69. The lowest BCUT2D eigenvalue weighted by Gasteiger charge is -2.11. The number of hydrogen-bond acceptors (Lipinski definition) is 3. The first-order valence-electron chi connectivity index (χ1n) is 5.91. The average Bonchev–Trinajstić information content (AvgIpc) is 2.67. The van der Waals surface area contributed by atoms with Crippen LogP contribution >= 0.6 is 11.6 Å². The summed E-state index contributed by atoms with van der Waals surface area (Å²) in [5.74, 6) is 2.36. The van der Waals surface area contributed by atoms with Gasteiger partial charge in [0.2, 0.25) is 0 Å². The zero-order valence-corrected chi connectivity index (χ0v) is 10.9. The van der Waals surface area contributed by atoms with E-state index >= 15 is 0 Å². The summed E-state index contributed by atoms with van der Waals surface area (Å²) in [7, 11) is 0. The minimum Gasteiger partial charge on any atom is -0.310 e. The van der Waals surface area contributed by atoms with Crippen LogP contribution in [0.25, 0.3) is 0 Å². The van der Waals surface area contributed by atoms with Crippen LogP contribution in [0.3, 0.4) is 0 Å². The molecule has 0 bridgehead atoms. The van der Waals surface area contributed by atoms with E-state index in [0.717, 1.165) is 44.2 Å². The molecular weight excluding hydrogens is 224 g/mol. The van der Waals surface area contributed by atoms with Crippen LogP contribution in [0.4, 0.5) is 0 Å². The van der Waals surface area contributed by atoms with Crippen molar-refractivity contribution < 1.29 is 0 Å². The monoisotopic (exact) mass is 244 g/mol. The van der Waals surface area contributed by atoms with Gasteiger partial charge in [-0.1, -0.05) is 13.8 Å². The van der Waals surface area contributed by atoms with Crippen LogP contribution < -0.4 is 5.32 Å². The molecule has 1 aromatic heterocycles. The van der Waals surface area contributed by atoms with Crippen molar-refractivity contribution in [1.29, 1.82) is 0 Å². The van der Waals surface area contributed by atoms with E-state index in [4.69, 9.17) is 11.6 Å². The Morgan fingerprint density at radius 1 is 1.56 bits per heavy atom. The van der Waals surface area contributed by atoms with E-state index in [1.165, 1.54) is 0 Å². The molecular formula is C11H21ClN4. The Balaban J connectivity index is 2.28. The number of halogens is 1. The molecule has 0 saturated heterocycles. The predicted octanol–water partition coefficient (Wildman–Crippen LogP) is 2.04. The summed E-state index contributed by atoms with van der Waals surface area (Å²) >= 11 is 5.69. The molecule has 0 fully saturated rings. The molecule has 1 atom stereocenters. The number of aryl methyl sites for hydroxylation is 1. The van der Waals surface area contributed by atoms with Crippen LogP contribution in [0.5, 0.6) is 0 Å². The second kappa shape index (κ2) is 7.63. The highest BCUT2D eigenvalue weighted by molar-refractivity contribution is 6.17. The first kappa shape index (κ1) is 13.5. The fourth-order valence-corrected chi connectivity index (χ4v) is 1.91. The number of nitrogens with zero attached hydrogens (tertiary/aromatic N) is 3. The largest absolute Gasteiger partial charge is 0.310 e. The zero-order valence-electron chi connectivity index (χ0n) is 10.1. The Morgan fingerprint density at radius 2 is 2.38 bits per heavy atom. The molecule has 5 heteroatoms. The van der Waals surface area contributed by atoms with Gasteiger partial charge in [0.05, 0.1) is 6.54 Å². The molecule has 16 heavy (non-hydrogen) atoms. The van der Waals surface area contributed by atoms with Crippen LogP contribution in [0.1, 0.15) is 32.5 Å². The molecule has 0 spiro atoms. The van der Waals surface area contributed by atoms with Crippen LogP contribution in [-0.2, 0) is 13.1 Å². The van der Waals surface area contributed by atoms with Gasteiger partial charge in [0.25, 0.3) is 0 Å². The standard InChI is InChI=1S/C11H21ClN4/c1-3-6-16-11(14-9-15-16)8-13-7-10(2)4-5-12/h9-10,13H,3-8H2,1-2H3. The van der Waals surface area contributed by atoms with E-state index in [-0.39, 0.29) is 0 Å². The molecule has 0 saturated carbocycles. The van der Waals surface area contributed by atoms with Crippen LogP contribution in [0.15, 0.2) is 6.33 Å². The third-order valence-corrected chi connectivity index (χ3v) is 2.73. The predicted molar refractivity (Wildman–Crippen MR) is 66.5 cm³/mol. The average molecular weight is 245 g/mol. The topological polar surface area (TPSA) is 42.7 Å². The van der Waals surface area contributed by atoms with Gasteiger partial charge in [-0.25, -0.2) is 9.67 Å². The molecule has 92 valence electrons. The molecule has 0 aliphatic rings. The minimum absolute atomic E-state index is 0.611. The van der Waals surface area contributed by atoms with Crippen LogP contribution in [-0.4, -0.2) is 27.2 Å². The van der Waals surface area contributed by atoms with Crippen molar-refractivity contribution in [3.8, 4) is 0 Å². The maximum Gasteiger partial charge on any atom is 0.140 e. The van der Waals surface area contributed by atoms with Crippen molar-refractivity contribution in [1.82, 2.24) is 20.1 Å². The molecule has 1 rings (SSSR count). The third kappa shape index (κ3) is 4.49. The van der Waals surface area contributed by atoms with Crippen LogP contribution in [0.2, 0.25) is 0 Å². The van der Waals surface area contributed by atoms with E-state index in [2.05, 4.69) is 29.2 Å². The third-order valence-electron chi connectivity index (χ3n) is 2.51. The number of aromatic nitrogens is 3. The fourth-order valence-electron chi connectivity index (χ4n) is 1.54. The Morgan fingerprint density at radius 3 is 3.06 bits per heavy atom. The Kier molecular flexibility index (Phi) is 6.42. The van der Waals surface area contributed by atoms with Gasteiger partial charge in [0.15, 0.2) is 0 Å². The summed E-state index contributed by atoms with van der Waals surface area (Å²) < 4.78 is 1.96. The molecule has 1 aromatic rings. The molecule has 0 radical (unpaired) electrons. The second-order valence-corrected chi connectivity index (χ2v) is 4.49. The number of alkyl halides is 1. The number of hydrogen-bond donors (Lipinski definition) is 1. The molecule has 1 unspecified atom stereocenters. The fraction of sp³-hybridized carbons (Fsp3) is 0.818. The maximum atomic E-state index is 5.69. The molecule has 0 aromatic carbocycles. The summed E-state index contributed by atoms with van der Waals surface area (Å²) in [6, 6.07) is 0. The zero-order chi connectivity index (χ0) is 11.8. The van der Waals surface area contributed by atoms with Crippen molar-refractivity contribution in [2.75, 3.05) is 12.4 Å². The summed E-state index contributed by atoms with van der Waals surface area (Å²) in [4.78, 5) is 4.24. The van der Waals surface area contributed by atoms with Crippen molar-refractivity contribution in [2.45, 2.75) is 39.8 Å². The number of nitrogens with one attached hydrogen (secondary N) is 1. The SMILES string of the molecule is CCCn1ncnc1CNCC(C)CCCl. The quantitative estimate of drug-likeness (QED) is 0.712. The lowest BCUT2D eigenvalue weighted by molar-refractivity contribution is 0.479. The molecule has 1 heterocycles. The van der Waals surface area contributed by atoms with Gasteiger partial charge in [-0.15, -0.1) is 11.6 Å². The first-order chi connectivity index (χ1) is 7.77. The number of rotatable bonds is 8. The summed E-state index contributed by atoms with van der Waals surface area (Å²) in [6.45, 7) is 7.04. The van der Waals surface area contributed by atoms with Crippen LogP contribution in [0, 0.1) is 5.92 Å². The van der Waals surface area contributed by atoms with Gasteiger partial charge in [-0.3, -0.25) is 0 Å². The highest BCUT2D eigenvalue weighted by Gasteiger charge is 2.04. The summed E-state index contributed by atoms with van der Waals surface area (Å²) in [5, 5.41) is 7.57. The lowest BCUT2D eigenvalue weighted by atomic mass is 10.1. The van der Waals surface area contributed by atoms with E-state index in [0.29, 0.717) is 5.92 Å². The van der Waals surface area contributed by atoms with E-state index in [1.54, 1.807) is 6.33 Å². The van der Waals surface area contributed by atoms with E-state index in [1.807, 2.05) is 4.68 Å². The summed E-state index contributed by atoms with van der Waals surface area (Å²) in [5.41, 5.74) is 0.